The van der Waals surface area contributed by atoms with Gasteiger partial charge in [-0.15, -0.1) is 0 Å². The monoisotopic (exact) mass is 417 g/mol. The van der Waals surface area contributed by atoms with Crippen LogP contribution < -0.4 is 0 Å². The zero-order valence-corrected chi connectivity index (χ0v) is 16.4. The minimum absolute atomic E-state index is 0.0463. The molecular formula is C18H25F2N3O4S. The molecule has 7 nitrogen and oxygen atoms in total. The maximum atomic E-state index is 14.5. The summed E-state index contributed by atoms with van der Waals surface area (Å²) in [4.78, 5) is 3.75. The summed E-state index contributed by atoms with van der Waals surface area (Å²) < 4.78 is 54.7. The van der Waals surface area contributed by atoms with Crippen LogP contribution in [0.15, 0.2) is 30.9 Å². The highest BCUT2D eigenvalue weighted by Crippen LogP contribution is 2.34. The lowest BCUT2D eigenvalue weighted by Gasteiger charge is -2.34. The van der Waals surface area contributed by atoms with Crippen molar-refractivity contribution < 1.29 is 27.4 Å². The number of halogens is 2. The molecule has 2 rings (SSSR count). The molecule has 0 aliphatic rings. The Labute approximate surface area is 163 Å². The van der Waals surface area contributed by atoms with Crippen molar-refractivity contribution >= 4 is 9.84 Å². The largest absolute Gasteiger partial charge is 0.396 e. The van der Waals surface area contributed by atoms with Gasteiger partial charge in [0.25, 0.3) is 0 Å². The van der Waals surface area contributed by atoms with Crippen LogP contribution in [0.4, 0.5) is 8.78 Å². The van der Waals surface area contributed by atoms with E-state index in [0.717, 1.165) is 12.1 Å². The second kappa shape index (κ2) is 9.53. The SMILES string of the molecule is C[C@H]([C@](O)(Cn1cncn1)c1ccc(F)cc1F)S(=O)(=O)CCCCCCO. The maximum absolute atomic E-state index is 14.5. The molecule has 1 aromatic heterocycles. The molecule has 1 aromatic carbocycles. The molecule has 10 heteroatoms. The highest BCUT2D eigenvalue weighted by molar-refractivity contribution is 7.92. The molecule has 2 aromatic rings. The van der Waals surface area contributed by atoms with Crippen molar-refractivity contribution in [3.8, 4) is 0 Å². The molecule has 2 atom stereocenters. The van der Waals surface area contributed by atoms with Crippen LogP contribution >= 0.6 is 0 Å². The van der Waals surface area contributed by atoms with Crippen molar-refractivity contribution in [2.75, 3.05) is 12.4 Å². The van der Waals surface area contributed by atoms with Crippen LogP contribution in [-0.2, 0) is 22.0 Å². The lowest BCUT2D eigenvalue weighted by molar-refractivity contribution is 0.0110. The normalized spacial score (nSPS) is 15.3. The van der Waals surface area contributed by atoms with E-state index in [1.54, 1.807) is 0 Å². The second-order valence-corrected chi connectivity index (χ2v) is 9.23. The van der Waals surface area contributed by atoms with Crippen LogP contribution in [0.25, 0.3) is 0 Å². The summed E-state index contributed by atoms with van der Waals surface area (Å²) in [6, 6.07) is 2.63. The predicted molar refractivity (Wildman–Crippen MR) is 99.1 cm³/mol. The molecule has 28 heavy (non-hydrogen) atoms. The van der Waals surface area contributed by atoms with Gasteiger partial charge < -0.3 is 10.2 Å². The number of nitrogens with zero attached hydrogens (tertiary/aromatic N) is 3. The second-order valence-electron chi connectivity index (χ2n) is 6.79. The Morgan fingerprint density at radius 2 is 1.93 bits per heavy atom. The van der Waals surface area contributed by atoms with E-state index in [2.05, 4.69) is 10.1 Å². The standard InChI is InChI=1S/C18H25F2N3O4S/c1-14(28(26,27)9-5-3-2-4-8-24)18(25,11-23-13-21-12-22-23)16-7-6-15(19)10-17(16)20/h6-7,10,12-14,24-25H,2-5,8-9,11H2,1H3/t14-,18-/m1/s1. The third-order valence-electron chi connectivity index (χ3n) is 4.82. The van der Waals surface area contributed by atoms with Crippen LogP contribution in [-0.4, -0.2) is 51.0 Å². The first kappa shape index (κ1) is 22.4. The Balaban J connectivity index is 2.32. The Kier molecular flexibility index (Phi) is 7.62. The smallest absolute Gasteiger partial charge is 0.156 e. The molecule has 1 heterocycles. The maximum Gasteiger partial charge on any atom is 0.156 e. The van der Waals surface area contributed by atoms with Gasteiger partial charge in [-0.25, -0.2) is 26.9 Å². The fourth-order valence-corrected chi connectivity index (χ4v) is 4.83. The van der Waals surface area contributed by atoms with Gasteiger partial charge in [0.05, 0.1) is 17.5 Å². The molecule has 0 unspecified atom stereocenters. The van der Waals surface area contributed by atoms with Crippen molar-refractivity contribution in [3.05, 3.63) is 48.1 Å². The van der Waals surface area contributed by atoms with Gasteiger partial charge in [0.2, 0.25) is 0 Å². The summed E-state index contributed by atoms with van der Waals surface area (Å²) in [6.07, 6.45) is 4.74. The van der Waals surface area contributed by atoms with Gasteiger partial charge in [0.1, 0.15) is 29.9 Å². The van der Waals surface area contributed by atoms with Crippen molar-refractivity contribution in [1.82, 2.24) is 14.8 Å². The third kappa shape index (κ3) is 5.33. The number of aliphatic hydroxyl groups is 2. The van der Waals surface area contributed by atoms with Crippen molar-refractivity contribution in [1.29, 1.82) is 0 Å². The Bertz CT molecular complexity index is 862. The molecule has 0 saturated carbocycles. The molecule has 2 N–H and O–H groups in total. The summed E-state index contributed by atoms with van der Waals surface area (Å²) in [5.41, 5.74) is -2.49. The minimum Gasteiger partial charge on any atom is -0.396 e. The highest BCUT2D eigenvalue weighted by atomic mass is 32.2. The van der Waals surface area contributed by atoms with E-state index in [1.807, 2.05) is 0 Å². The Morgan fingerprint density at radius 1 is 1.21 bits per heavy atom. The van der Waals surface area contributed by atoms with Crippen molar-refractivity contribution in [3.63, 3.8) is 0 Å². The third-order valence-corrected chi connectivity index (χ3v) is 7.14. The van der Waals surface area contributed by atoms with E-state index in [1.165, 1.54) is 24.3 Å². The van der Waals surface area contributed by atoms with E-state index in [0.29, 0.717) is 31.7 Å². The molecule has 156 valence electrons. The summed E-state index contributed by atoms with van der Waals surface area (Å²) in [5, 5.41) is 22.6. The summed E-state index contributed by atoms with van der Waals surface area (Å²) in [7, 11) is -3.82. The molecule has 0 bridgehead atoms. The predicted octanol–water partition coefficient (Wildman–Crippen LogP) is 1.80. The molecule has 0 fully saturated rings. The number of hydrogen-bond acceptors (Lipinski definition) is 6. The van der Waals surface area contributed by atoms with E-state index < -0.39 is 32.3 Å². The van der Waals surface area contributed by atoms with Gasteiger partial charge in [-0.2, -0.15) is 5.10 Å². The van der Waals surface area contributed by atoms with Gasteiger partial charge >= 0.3 is 0 Å². The van der Waals surface area contributed by atoms with Crippen LogP contribution in [0.5, 0.6) is 0 Å². The number of aromatic nitrogens is 3. The van der Waals surface area contributed by atoms with Crippen LogP contribution in [0.2, 0.25) is 0 Å². The van der Waals surface area contributed by atoms with Gasteiger partial charge in [0.15, 0.2) is 9.84 Å². The first-order valence-electron chi connectivity index (χ1n) is 9.03. The fourth-order valence-electron chi connectivity index (χ4n) is 3.08. The fraction of sp³-hybridized carbons (Fsp3) is 0.556. The van der Waals surface area contributed by atoms with Gasteiger partial charge in [-0.05, 0) is 25.8 Å². The zero-order chi connectivity index (χ0) is 20.8. The Hall–Kier alpha value is -1.91. The van der Waals surface area contributed by atoms with E-state index in [9.17, 15) is 22.3 Å². The van der Waals surface area contributed by atoms with E-state index in [4.69, 9.17) is 5.11 Å². The topological polar surface area (TPSA) is 105 Å². The quantitative estimate of drug-likeness (QED) is 0.540. The number of benzene rings is 1. The molecule has 0 aliphatic heterocycles. The van der Waals surface area contributed by atoms with Crippen LogP contribution in [0, 0.1) is 11.6 Å². The number of rotatable bonds is 11. The highest BCUT2D eigenvalue weighted by Gasteiger charge is 2.45. The summed E-state index contributed by atoms with van der Waals surface area (Å²) in [6.45, 7) is 0.994. The molecule has 0 radical (unpaired) electrons. The van der Waals surface area contributed by atoms with Crippen molar-refractivity contribution in [2.45, 2.75) is 50.0 Å². The lowest BCUT2D eigenvalue weighted by atomic mass is 9.90. The first-order valence-corrected chi connectivity index (χ1v) is 10.7. The molecule has 0 spiro atoms. The van der Waals surface area contributed by atoms with Gasteiger partial charge in [0, 0.05) is 18.2 Å². The summed E-state index contributed by atoms with van der Waals surface area (Å²) in [5.74, 6) is -2.06. The van der Waals surface area contributed by atoms with E-state index in [-0.39, 0.29) is 24.5 Å². The van der Waals surface area contributed by atoms with E-state index >= 15 is 0 Å². The van der Waals surface area contributed by atoms with Crippen LogP contribution in [0.1, 0.15) is 38.2 Å². The lowest BCUT2D eigenvalue weighted by Crippen LogP contribution is -2.47. The minimum atomic E-state index is -3.82. The Morgan fingerprint density at radius 3 is 2.54 bits per heavy atom. The summed E-state index contributed by atoms with van der Waals surface area (Å²) >= 11 is 0. The average Bonchev–Trinajstić information content (AvgIpc) is 3.13. The molecule has 0 amide bonds. The van der Waals surface area contributed by atoms with Gasteiger partial charge in [-0.1, -0.05) is 18.9 Å². The number of hydrogen-bond donors (Lipinski definition) is 2. The zero-order valence-electron chi connectivity index (χ0n) is 15.6. The molecule has 0 saturated heterocycles. The molecule has 0 aliphatic carbocycles. The first-order chi connectivity index (χ1) is 13.2. The van der Waals surface area contributed by atoms with Crippen molar-refractivity contribution in [2.24, 2.45) is 0 Å². The number of sulfone groups is 1. The van der Waals surface area contributed by atoms with Crippen LogP contribution in [0.3, 0.4) is 0 Å². The number of unbranched alkanes of at least 4 members (excludes halogenated alkanes) is 3. The van der Waals surface area contributed by atoms with Gasteiger partial charge in [-0.3, -0.25) is 0 Å². The number of aliphatic hydroxyl groups excluding tert-OH is 1. The molecular weight excluding hydrogens is 392 g/mol. The average molecular weight is 417 g/mol.